The summed E-state index contributed by atoms with van der Waals surface area (Å²) in [5.41, 5.74) is 0.0960. The summed E-state index contributed by atoms with van der Waals surface area (Å²) in [7, 11) is 1.47. The van der Waals surface area contributed by atoms with E-state index in [1.165, 1.54) is 28.6 Å². The molecule has 0 saturated heterocycles. The van der Waals surface area contributed by atoms with Crippen molar-refractivity contribution >= 4 is 11.2 Å². The monoisotopic (exact) mass is 471 g/mol. The molecule has 0 amide bonds. The lowest BCUT2D eigenvalue weighted by Gasteiger charge is -2.09. The zero-order valence-electron chi connectivity index (χ0n) is 18.4. The summed E-state index contributed by atoms with van der Waals surface area (Å²) >= 11 is 0. The quantitative estimate of drug-likeness (QED) is 0.409. The number of nitrogens with zero attached hydrogens (tertiary/aromatic N) is 7. The van der Waals surface area contributed by atoms with Crippen LogP contribution in [0.15, 0.2) is 41.5 Å². The number of rotatable bonds is 7. The van der Waals surface area contributed by atoms with E-state index in [4.69, 9.17) is 4.74 Å². The molecule has 0 aliphatic rings. The molecular weight excluding hydrogens is 451 g/mol. The fourth-order valence-corrected chi connectivity index (χ4v) is 3.70. The maximum absolute atomic E-state index is 13.1. The molecule has 0 aliphatic carbocycles. The predicted molar refractivity (Wildman–Crippen MR) is 116 cm³/mol. The highest BCUT2D eigenvalue weighted by molar-refractivity contribution is 5.76. The van der Waals surface area contributed by atoms with Crippen LogP contribution < -0.4 is 5.56 Å². The molecule has 176 valence electrons. The third kappa shape index (κ3) is 4.29. The minimum absolute atomic E-state index is 0.000410. The highest BCUT2D eigenvalue weighted by Crippen LogP contribution is 2.30. The smallest absolute Gasteiger partial charge is 0.364 e. The summed E-state index contributed by atoms with van der Waals surface area (Å²) in [6, 6.07) is 6.95. The highest BCUT2D eigenvalue weighted by Gasteiger charge is 2.30. The van der Waals surface area contributed by atoms with Crippen LogP contribution in [0, 0.1) is 11.3 Å². The van der Waals surface area contributed by atoms with Crippen LogP contribution in [0.25, 0.3) is 22.6 Å². The molecular formula is C22H20F3N7O2. The van der Waals surface area contributed by atoms with Gasteiger partial charge in [0.2, 0.25) is 5.82 Å². The third-order valence-corrected chi connectivity index (χ3v) is 5.16. The van der Waals surface area contributed by atoms with E-state index in [1.807, 2.05) is 13.0 Å². The molecule has 0 atom stereocenters. The number of hydrogen-bond acceptors (Lipinski definition) is 6. The Morgan fingerprint density at radius 2 is 2.00 bits per heavy atom. The SMILES string of the molecule is CCCn1c(C#N)nc2nc(-c3cnn(Cc4cccc(C(F)(F)F)c4)c3)n(COC)c2c1=O. The van der Waals surface area contributed by atoms with Crippen molar-refractivity contribution in [3.8, 4) is 17.5 Å². The van der Waals surface area contributed by atoms with E-state index in [0.29, 0.717) is 29.9 Å². The first-order chi connectivity index (χ1) is 16.3. The third-order valence-electron chi connectivity index (χ3n) is 5.16. The standard InChI is InChI=1S/C22H20F3N7O2/c1-3-7-31-17(9-26)28-19-18(21(31)33)32(13-34-2)20(29-19)15-10-27-30(12-15)11-14-5-4-6-16(8-14)22(23,24)25/h4-6,8,10,12H,3,7,11,13H2,1-2H3. The van der Waals surface area contributed by atoms with Gasteiger partial charge in [-0.3, -0.25) is 18.6 Å². The lowest BCUT2D eigenvalue weighted by Crippen LogP contribution is -2.26. The molecule has 0 aliphatic heterocycles. The van der Waals surface area contributed by atoms with E-state index in [2.05, 4.69) is 15.1 Å². The molecule has 34 heavy (non-hydrogen) atoms. The first kappa shape index (κ1) is 23.2. The first-order valence-corrected chi connectivity index (χ1v) is 10.4. The lowest BCUT2D eigenvalue weighted by molar-refractivity contribution is -0.137. The van der Waals surface area contributed by atoms with Crippen LogP contribution in [-0.4, -0.2) is 36.0 Å². The van der Waals surface area contributed by atoms with Crippen molar-refractivity contribution < 1.29 is 17.9 Å². The van der Waals surface area contributed by atoms with Crippen molar-refractivity contribution in [1.82, 2.24) is 28.9 Å². The van der Waals surface area contributed by atoms with Gasteiger partial charge in [0.05, 0.1) is 23.9 Å². The number of methoxy groups -OCH3 is 1. The van der Waals surface area contributed by atoms with Gasteiger partial charge in [-0.25, -0.2) is 4.98 Å². The molecule has 12 heteroatoms. The fourth-order valence-electron chi connectivity index (χ4n) is 3.70. The molecule has 0 fully saturated rings. The van der Waals surface area contributed by atoms with Crippen molar-refractivity contribution in [2.24, 2.45) is 0 Å². The molecule has 4 rings (SSSR count). The Morgan fingerprint density at radius 1 is 1.21 bits per heavy atom. The number of benzene rings is 1. The van der Waals surface area contributed by atoms with Gasteiger partial charge >= 0.3 is 6.18 Å². The second-order valence-electron chi connectivity index (χ2n) is 7.58. The average Bonchev–Trinajstić information content (AvgIpc) is 3.40. The van der Waals surface area contributed by atoms with Gasteiger partial charge in [-0.1, -0.05) is 19.1 Å². The van der Waals surface area contributed by atoms with Crippen LogP contribution in [0.3, 0.4) is 0 Å². The number of hydrogen-bond donors (Lipinski definition) is 0. The summed E-state index contributed by atoms with van der Waals surface area (Å²) in [5.74, 6) is 0.308. The number of halogens is 3. The van der Waals surface area contributed by atoms with E-state index in [0.717, 1.165) is 12.1 Å². The number of alkyl halides is 3. The largest absolute Gasteiger partial charge is 0.416 e. The molecule has 9 nitrogen and oxygen atoms in total. The first-order valence-electron chi connectivity index (χ1n) is 10.4. The fraction of sp³-hybridized carbons (Fsp3) is 0.318. The van der Waals surface area contributed by atoms with Gasteiger partial charge < -0.3 is 4.74 Å². The number of nitriles is 1. The highest BCUT2D eigenvalue weighted by atomic mass is 19.4. The topological polar surface area (TPSA) is 104 Å². The van der Waals surface area contributed by atoms with Crippen molar-refractivity contribution in [3.63, 3.8) is 0 Å². The molecule has 0 saturated carbocycles. The molecule has 0 N–H and O–H groups in total. The van der Waals surface area contributed by atoms with Crippen LogP contribution in [0.4, 0.5) is 13.2 Å². The number of imidazole rings is 1. The Morgan fingerprint density at radius 3 is 2.68 bits per heavy atom. The van der Waals surface area contributed by atoms with Gasteiger partial charge in [0, 0.05) is 19.9 Å². The summed E-state index contributed by atoms with van der Waals surface area (Å²) in [6.45, 7) is 2.32. The molecule has 0 bridgehead atoms. The minimum atomic E-state index is -4.43. The van der Waals surface area contributed by atoms with E-state index >= 15 is 0 Å². The van der Waals surface area contributed by atoms with Crippen molar-refractivity contribution in [1.29, 1.82) is 5.26 Å². The zero-order valence-corrected chi connectivity index (χ0v) is 18.4. The van der Waals surface area contributed by atoms with Gasteiger partial charge in [0.1, 0.15) is 18.6 Å². The minimum Gasteiger partial charge on any atom is -0.364 e. The Kier molecular flexibility index (Phi) is 6.21. The normalized spacial score (nSPS) is 11.8. The molecule has 3 aromatic heterocycles. The average molecular weight is 471 g/mol. The molecule has 1 aromatic carbocycles. The number of aromatic nitrogens is 6. The summed E-state index contributed by atoms with van der Waals surface area (Å²) < 4.78 is 48.6. The number of ether oxygens (including phenoxy) is 1. The molecule has 0 unspecified atom stereocenters. The molecule has 3 heterocycles. The van der Waals surface area contributed by atoms with Gasteiger partial charge in [0.25, 0.3) is 5.56 Å². The summed E-state index contributed by atoms with van der Waals surface area (Å²) in [6.07, 6.45) is -0.689. The Bertz CT molecular complexity index is 1440. The maximum atomic E-state index is 13.1. The van der Waals surface area contributed by atoms with E-state index in [-0.39, 0.29) is 30.3 Å². The van der Waals surface area contributed by atoms with Crippen LogP contribution in [0.1, 0.15) is 30.3 Å². The summed E-state index contributed by atoms with van der Waals surface area (Å²) in [5, 5.41) is 13.7. The van der Waals surface area contributed by atoms with Crippen LogP contribution >= 0.6 is 0 Å². The Labute approximate surface area is 191 Å². The van der Waals surface area contributed by atoms with Gasteiger partial charge in [-0.15, -0.1) is 0 Å². The van der Waals surface area contributed by atoms with E-state index in [9.17, 15) is 23.2 Å². The van der Waals surface area contributed by atoms with Crippen LogP contribution in [-0.2, 0) is 30.7 Å². The molecule has 4 aromatic rings. The van der Waals surface area contributed by atoms with Gasteiger partial charge in [-0.05, 0) is 24.1 Å². The van der Waals surface area contributed by atoms with Crippen LogP contribution in [0.2, 0.25) is 0 Å². The second kappa shape index (κ2) is 9.11. The van der Waals surface area contributed by atoms with Crippen molar-refractivity contribution in [2.75, 3.05) is 7.11 Å². The lowest BCUT2D eigenvalue weighted by atomic mass is 10.1. The second-order valence-corrected chi connectivity index (χ2v) is 7.58. The maximum Gasteiger partial charge on any atom is 0.416 e. The molecule has 0 spiro atoms. The Balaban J connectivity index is 1.76. The predicted octanol–water partition coefficient (Wildman–Crippen LogP) is 3.41. The van der Waals surface area contributed by atoms with Crippen LogP contribution in [0.5, 0.6) is 0 Å². The van der Waals surface area contributed by atoms with E-state index in [1.54, 1.807) is 16.8 Å². The number of fused-ring (bicyclic) bond motifs is 1. The molecule has 0 radical (unpaired) electrons. The van der Waals surface area contributed by atoms with Gasteiger partial charge in [-0.2, -0.15) is 28.5 Å². The van der Waals surface area contributed by atoms with Gasteiger partial charge in [0.15, 0.2) is 11.2 Å². The zero-order chi connectivity index (χ0) is 24.5. The summed E-state index contributed by atoms with van der Waals surface area (Å²) in [4.78, 5) is 21.8. The van der Waals surface area contributed by atoms with E-state index < -0.39 is 17.3 Å². The Hall–Kier alpha value is -3.98. The van der Waals surface area contributed by atoms with Crippen molar-refractivity contribution in [2.45, 2.75) is 39.3 Å². The van der Waals surface area contributed by atoms with Crippen molar-refractivity contribution in [3.05, 3.63) is 64.0 Å².